The number of hydrogen-bond acceptors (Lipinski definition) is 4. The fourth-order valence-electron chi connectivity index (χ4n) is 3.09. The fraction of sp³-hybridized carbons (Fsp3) is 0.174. The number of carbonyl (C=O) groups excluding carboxylic acids is 1. The molecule has 6 nitrogen and oxygen atoms in total. The van der Waals surface area contributed by atoms with E-state index in [-0.39, 0.29) is 11.9 Å². The van der Waals surface area contributed by atoms with Crippen molar-refractivity contribution < 1.29 is 9.21 Å². The van der Waals surface area contributed by atoms with Crippen LogP contribution in [0.5, 0.6) is 0 Å². The Kier molecular flexibility index (Phi) is 5.52. The van der Waals surface area contributed by atoms with Gasteiger partial charge < -0.3 is 14.7 Å². The number of oxazole rings is 1. The molecule has 2 aromatic carbocycles. The van der Waals surface area contributed by atoms with Gasteiger partial charge in [0.25, 0.3) is 0 Å². The molecule has 0 fully saturated rings. The minimum atomic E-state index is -0.218. The van der Waals surface area contributed by atoms with Crippen molar-refractivity contribution in [2.75, 3.05) is 0 Å². The zero-order chi connectivity index (χ0) is 20.1. The van der Waals surface area contributed by atoms with Gasteiger partial charge in [-0.2, -0.15) is 0 Å². The van der Waals surface area contributed by atoms with Gasteiger partial charge >= 0.3 is 0 Å². The van der Waals surface area contributed by atoms with E-state index in [1.54, 1.807) is 12.4 Å². The minimum Gasteiger partial charge on any atom is -0.441 e. The molecule has 0 aliphatic heterocycles. The lowest BCUT2D eigenvalue weighted by Crippen LogP contribution is -2.27. The lowest BCUT2D eigenvalue weighted by atomic mass is 10.2. The molecule has 0 spiro atoms. The van der Waals surface area contributed by atoms with Gasteiger partial charge in [0.15, 0.2) is 11.7 Å². The number of carbonyl (C=O) groups is 1. The standard InChI is InChI=1S/C23H22N4O2/c1-16(23-25-14-19(27-23)17-8-4-2-5-9-17)26-21(28)12-13-22-24-15-20(29-22)18-10-6-3-7-11-18/h2-11,14-16H,12-13H2,1H3,(H,25,27)(H,26,28)/t16-/m0/s1. The number of H-pyrrole nitrogens is 1. The lowest BCUT2D eigenvalue weighted by Gasteiger charge is -2.11. The highest BCUT2D eigenvalue weighted by atomic mass is 16.4. The minimum absolute atomic E-state index is 0.0744. The summed E-state index contributed by atoms with van der Waals surface area (Å²) >= 11 is 0. The van der Waals surface area contributed by atoms with Crippen LogP contribution in [0, 0.1) is 0 Å². The zero-order valence-corrected chi connectivity index (χ0v) is 16.1. The average Bonchev–Trinajstić information content (AvgIpc) is 3.44. The summed E-state index contributed by atoms with van der Waals surface area (Å²) in [7, 11) is 0. The van der Waals surface area contributed by atoms with E-state index in [2.05, 4.69) is 20.3 Å². The number of amides is 1. The molecule has 2 aromatic heterocycles. The van der Waals surface area contributed by atoms with Gasteiger partial charge in [-0.15, -0.1) is 0 Å². The molecule has 0 aliphatic rings. The van der Waals surface area contributed by atoms with Crippen molar-refractivity contribution in [2.45, 2.75) is 25.8 Å². The van der Waals surface area contributed by atoms with E-state index < -0.39 is 0 Å². The van der Waals surface area contributed by atoms with Crippen LogP contribution in [-0.2, 0) is 11.2 Å². The quantitative estimate of drug-likeness (QED) is 0.488. The number of aromatic nitrogens is 3. The van der Waals surface area contributed by atoms with Crippen LogP contribution in [0.25, 0.3) is 22.6 Å². The smallest absolute Gasteiger partial charge is 0.221 e. The molecule has 0 unspecified atom stereocenters. The molecule has 6 heteroatoms. The number of rotatable bonds is 7. The molecule has 0 radical (unpaired) electrons. The van der Waals surface area contributed by atoms with Crippen LogP contribution in [0.1, 0.15) is 31.1 Å². The van der Waals surface area contributed by atoms with Gasteiger partial charge in [-0.3, -0.25) is 4.79 Å². The average molecular weight is 386 g/mol. The first-order valence-corrected chi connectivity index (χ1v) is 9.59. The number of nitrogens with one attached hydrogen (secondary N) is 2. The Morgan fingerprint density at radius 2 is 1.69 bits per heavy atom. The van der Waals surface area contributed by atoms with E-state index in [0.29, 0.717) is 24.5 Å². The van der Waals surface area contributed by atoms with Gasteiger partial charge in [0.05, 0.1) is 24.1 Å². The van der Waals surface area contributed by atoms with Crippen molar-refractivity contribution in [3.63, 3.8) is 0 Å². The van der Waals surface area contributed by atoms with Crippen LogP contribution < -0.4 is 5.32 Å². The van der Waals surface area contributed by atoms with Gasteiger partial charge in [-0.1, -0.05) is 60.7 Å². The molecule has 0 bridgehead atoms. The number of hydrogen-bond donors (Lipinski definition) is 2. The first-order chi connectivity index (χ1) is 14.2. The molecule has 0 aliphatic carbocycles. The van der Waals surface area contributed by atoms with Crippen molar-refractivity contribution in [3.05, 3.63) is 84.8 Å². The molecule has 29 heavy (non-hydrogen) atoms. The van der Waals surface area contributed by atoms with Crippen LogP contribution in [0.4, 0.5) is 0 Å². The predicted octanol–water partition coefficient (Wildman–Crippen LogP) is 4.54. The molecule has 1 amide bonds. The molecule has 1 atom stereocenters. The van der Waals surface area contributed by atoms with Gasteiger partial charge in [-0.05, 0) is 12.5 Å². The summed E-state index contributed by atoms with van der Waals surface area (Å²) in [6, 6.07) is 19.5. The second-order valence-electron chi connectivity index (χ2n) is 6.82. The van der Waals surface area contributed by atoms with E-state index in [1.807, 2.05) is 67.6 Å². The van der Waals surface area contributed by atoms with Gasteiger partial charge in [0, 0.05) is 18.4 Å². The van der Waals surface area contributed by atoms with Crippen LogP contribution in [0.3, 0.4) is 0 Å². The monoisotopic (exact) mass is 386 g/mol. The highest BCUT2D eigenvalue weighted by Gasteiger charge is 2.15. The third kappa shape index (κ3) is 4.60. The number of aryl methyl sites for hydroxylation is 1. The zero-order valence-electron chi connectivity index (χ0n) is 16.1. The first-order valence-electron chi connectivity index (χ1n) is 9.59. The molecule has 0 saturated carbocycles. The van der Waals surface area contributed by atoms with Gasteiger partial charge in [0.1, 0.15) is 5.82 Å². The Bertz CT molecular complexity index is 1070. The molecule has 146 valence electrons. The summed E-state index contributed by atoms with van der Waals surface area (Å²) in [5.41, 5.74) is 2.95. The maximum absolute atomic E-state index is 12.3. The highest BCUT2D eigenvalue weighted by molar-refractivity contribution is 5.76. The molecule has 4 aromatic rings. The lowest BCUT2D eigenvalue weighted by molar-refractivity contribution is -0.121. The third-order valence-corrected chi connectivity index (χ3v) is 4.65. The maximum atomic E-state index is 12.3. The second kappa shape index (κ2) is 8.56. The Labute approximate surface area is 169 Å². The van der Waals surface area contributed by atoms with E-state index in [4.69, 9.17) is 4.42 Å². The Morgan fingerprint density at radius 3 is 2.41 bits per heavy atom. The third-order valence-electron chi connectivity index (χ3n) is 4.65. The second-order valence-corrected chi connectivity index (χ2v) is 6.82. The summed E-state index contributed by atoms with van der Waals surface area (Å²) in [6.45, 7) is 1.91. The van der Waals surface area contributed by atoms with Crippen molar-refractivity contribution >= 4 is 5.91 Å². The van der Waals surface area contributed by atoms with Gasteiger partial charge in [0.2, 0.25) is 5.91 Å². The largest absolute Gasteiger partial charge is 0.441 e. The number of nitrogens with zero attached hydrogens (tertiary/aromatic N) is 2. The normalized spacial score (nSPS) is 11.9. The van der Waals surface area contributed by atoms with Crippen molar-refractivity contribution in [3.8, 4) is 22.6 Å². The number of aromatic amines is 1. The molecular formula is C23H22N4O2. The SMILES string of the molecule is C[C@H](NC(=O)CCc1ncc(-c2ccccc2)o1)c1ncc(-c2ccccc2)[nH]1. The summed E-state index contributed by atoms with van der Waals surface area (Å²) in [6.07, 6.45) is 4.22. The maximum Gasteiger partial charge on any atom is 0.221 e. The van der Waals surface area contributed by atoms with Gasteiger partial charge in [-0.25, -0.2) is 9.97 Å². The highest BCUT2D eigenvalue weighted by Crippen LogP contribution is 2.21. The van der Waals surface area contributed by atoms with Crippen LogP contribution in [0.15, 0.2) is 77.5 Å². The number of imidazole rings is 1. The van der Waals surface area contributed by atoms with Crippen LogP contribution in [-0.4, -0.2) is 20.9 Å². The number of benzene rings is 2. The Balaban J connectivity index is 1.31. The van der Waals surface area contributed by atoms with Crippen LogP contribution in [0.2, 0.25) is 0 Å². The molecule has 2 heterocycles. The molecule has 2 N–H and O–H groups in total. The van der Waals surface area contributed by atoms with E-state index in [9.17, 15) is 4.79 Å². The Hall–Kier alpha value is -3.67. The molecule has 0 saturated heterocycles. The topological polar surface area (TPSA) is 83.8 Å². The summed E-state index contributed by atoms with van der Waals surface area (Å²) in [5, 5.41) is 2.97. The van der Waals surface area contributed by atoms with E-state index in [0.717, 1.165) is 22.6 Å². The van der Waals surface area contributed by atoms with Crippen molar-refractivity contribution in [1.82, 2.24) is 20.3 Å². The van der Waals surface area contributed by atoms with Crippen LogP contribution >= 0.6 is 0 Å². The summed E-state index contributed by atoms with van der Waals surface area (Å²) in [5.74, 6) is 1.91. The van der Waals surface area contributed by atoms with Crippen molar-refractivity contribution in [1.29, 1.82) is 0 Å². The Morgan fingerprint density at radius 1 is 1.00 bits per heavy atom. The summed E-state index contributed by atoms with van der Waals surface area (Å²) in [4.78, 5) is 24.3. The fourth-order valence-corrected chi connectivity index (χ4v) is 3.09. The van der Waals surface area contributed by atoms with E-state index >= 15 is 0 Å². The van der Waals surface area contributed by atoms with Crippen molar-refractivity contribution in [2.24, 2.45) is 0 Å². The first kappa shape index (κ1) is 18.7. The summed E-state index contributed by atoms with van der Waals surface area (Å²) < 4.78 is 5.75. The predicted molar refractivity (Wildman–Crippen MR) is 111 cm³/mol. The molecule has 4 rings (SSSR count). The molecular weight excluding hydrogens is 364 g/mol. The van der Waals surface area contributed by atoms with E-state index in [1.165, 1.54) is 0 Å².